The minimum atomic E-state index is -4.79. The van der Waals surface area contributed by atoms with Gasteiger partial charge in [0.15, 0.2) is 9.84 Å². The van der Waals surface area contributed by atoms with Gasteiger partial charge in [-0.2, -0.15) is 26.3 Å². The van der Waals surface area contributed by atoms with Gasteiger partial charge in [0.1, 0.15) is 5.69 Å². The van der Waals surface area contributed by atoms with E-state index in [0.717, 1.165) is 37.4 Å². The third-order valence-corrected chi connectivity index (χ3v) is 7.34. The van der Waals surface area contributed by atoms with Crippen LogP contribution in [-0.4, -0.2) is 42.3 Å². The molecular weight excluding hydrogens is 510 g/mol. The summed E-state index contributed by atoms with van der Waals surface area (Å²) in [5, 5.41) is 4.54. The number of amides is 1. The molecule has 0 bridgehead atoms. The first kappa shape index (κ1) is 25.6. The highest BCUT2D eigenvalue weighted by molar-refractivity contribution is 7.91. The predicted octanol–water partition coefficient (Wildman–Crippen LogP) is 4.71. The molecule has 0 spiro atoms. The molecule has 15 heteroatoms. The zero-order valence-corrected chi connectivity index (χ0v) is 18.9. The molecule has 0 aliphatic heterocycles. The topological polar surface area (TPSA) is 93.1 Å². The summed E-state index contributed by atoms with van der Waals surface area (Å²) in [6.45, 7) is 1.32. The molecule has 3 aromatic rings. The number of anilines is 1. The van der Waals surface area contributed by atoms with Gasteiger partial charge in [-0.1, -0.05) is 30.4 Å². The summed E-state index contributed by atoms with van der Waals surface area (Å²) in [5.41, 5.74) is -1.41. The first-order chi connectivity index (χ1) is 15.6. The Bertz CT molecular complexity index is 1320. The summed E-state index contributed by atoms with van der Waals surface area (Å²) in [7, 11) is -2.94. The third-order valence-electron chi connectivity index (χ3n) is 4.53. The summed E-state index contributed by atoms with van der Waals surface area (Å²) >= 11 is 0.0686. The molecule has 0 saturated carbocycles. The maximum Gasteiger partial charge on any atom is 0.445 e. The summed E-state index contributed by atoms with van der Waals surface area (Å²) in [6.07, 6.45) is -9.37. The van der Waals surface area contributed by atoms with Crippen molar-refractivity contribution in [1.29, 1.82) is 0 Å². The van der Waals surface area contributed by atoms with E-state index < -0.39 is 60.1 Å². The second kappa shape index (κ2) is 8.94. The number of pyridine rings is 1. The molecule has 0 unspecified atom stereocenters. The summed E-state index contributed by atoms with van der Waals surface area (Å²) < 4.78 is 102. The number of aromatic nitrogens is 3. The second-order valence-corrected chi connectivity index (χ2v) is 9.98. The summed E-state index contributed by atoms with van der Waals surface area (Å²) in [5.74, 6) is -1.50. The molecule has 0 aliphatic rings. The van der Waals surface area contributed by atoms with Gasteiger partial charge in [0.25, 0.3) is 5.91 Å². The Labute approximate surface area is 193 Å². The van der Waals surface area contributed by atoms with Crippen molar-refractivity contribution in [1.82, 2.24) is 15.2 Å². The second-order valence-electron chi connectivity index (χ2n) is 6.77. The van der Waals surface area contributed by atoms with E-state index >= 15 is 0 Å². The Kier molecular flexibility index (Phi) is 6.72. The van der Waals surface area contributed by atoms with Crippen LogP contribution in [0.5, 0.6) is 0 Å². The number of hydrogen-bond donors (Lipinski definition) is 0. The van der Waals surface area contributed by atoms with Gasteiger partial charge in [-0.3, -0.25) is 9.69 Å². The molecule has 0 radical (unpaired) electrons. The lowest BCUT2D eigenvalue weighted by atomic mass is 10.1. The minimum absolute atomic E-state index is 0.0197. The molecule has 2 aromatic heterocycles. The van der Waals surface area contributed by atoms with Gasteiger partial charge in [0.2, 0.25) is 10.1 Å². The Morgan fingerprint density at radius 3 is 2.09 bits per heavy atom. The number of alkyl halides is 6. The smallest absolute Gasteiger partial charge is 0.284 e. The average molecular weight is 524 g/mol. The number of hydrogen-bond acceptors (Lipinski definition) is 7. The number of carbonyl (C=O) groups is 1. The Balaban J connectivity index is 2.08. The highest BCUT2D eigenvalue weighted by Gasteiger charge is 2.37. The van der Waals surface area contributed by atoms with Crippen LogP contribution in [0.25, 0.3) is 11.3 Å². The van der Waals surface area contributed by atoms with E-state index in [1.54, 1.807) is 0 Å². The van der Waals surface area contributed by atoms with Gasteiger partial charge in [-0.15, -0.1) is 10.2 Å². The zero-order valence-electron chi connectivity index (χ0n) is 17.3. The predicted molar refractivity (Wildman–Crippen MR) is 110 cm³/mol. The molecule has 1 aromatic carbocycles. The lowest BCUT2D eigenvalue weighted by molar-refractivity contribution is -0.138. The number of nitrogens with zero attached hydrogens (tertiary/aromatic N) is 4. The molecular formula is C19H14F6N4O3S2. The van der Waals surface area contributed by atoms with Gasteiger partial charge in [-0.25, -0.2) is 13.4 Å². The third kappa shape index (κ3) is 5.19. The quantitative estimate of drug-likeness (QED) is 0.449. The molecule has 34 heavy (non-hydrogen) atoms. The molecule has 0 atom stereocenters. The van der Waals surface area contributed by atoms with Crippen LogP contribution in [-0.2, 0) is 22.2 Å². The maximum absolute atomic E-state index is 13.1. The van der Waals surface area contributed by atoms with Crippen molar-refractivity contribution in [2.24, 2.45) is 0 Å². The lowest BCUT2D eigenvalue weighted by Gasteiger charge is -2.16. The van der Waals surface area contributed by atoms with E-state index in [9.17, 15) is 39.6 Å². The zero-order chi connectivity index (χ0) is 25.5. The van der Waals surface area contributed by atoms with Gasteiger partial charge < -0.3 is 0 Å². The van der Waals surface area contributed by atoms with E-state index in [-0.39, 0.29) is 22.6 Å². The fourth-order valence-corrected chi connectivity index (χ4v) is 4.39. The van der Waals surface area contributed by atoms with Crippen LogP contribution in [0, 0.1) is 0 Å². The number of halogens is 6. The average Bonchev–Trinajstić information content (AvgIpc) is 3.28. The van der Waals surface area contributed by atoms with Gasteiger partial charge in [0, 0.05) is 12.6 Å². The van der Waals surface area contributed by atoms with Crippen molar-refractivity contribution in [3.05, 3.63) is 52.7 Å². The molecule has 182 valence electrons. The first-order valence-electron chi connectivity index (χ1n) is 9.25. The number of sulfone groups is 1. The highest BCUT2D eigenvalue weighted by Crippen LogP contribution is 2.35. The van der Waals surface area contributed by atoms with Crippen molar-refractivity contribution in [2.75, 3.05) is 17.7 Å². The molecule has 0 saturated heterocycles. The number of carbonyl (C=O) groups excluding carboxylic acids is 1. The maximum atomic E-state index is 13.1. The summed E-state index contributed by atoms with van der Waals surface area (Å²) in [6, 6.07) is 6.06. The fourth-order valence-electron chi connectivity index (χ4n) is 2.71. The molecule has 1 amide bonds. The Morgan fingerprint density at radius 2 is 1.59 bits per heavy atom. The Morgan fingerprint density at radius 1 is 0.971 bits per heavy atom. The standard InChI is InChI=1S/C19H14F6N4O3S2/c1-3-34(31,32)13-9-8-12(10-4-6-11(7-5-10)18(20,21)22)26-14(13)15(30)29(2)17-28-27-16(33-17)19(23,24)25/h4-9H,3H2,1-2H3. The van der Waals surface area contributed by atoms with Crippen LogP contribution in [0.1, 0.15) is 28.0 Å². The molecule has 2 heterocycles. The lowest BCUT2D eigenvalue weighted by Crippen LogP contribution is -2.29. The van der Waals surface area contributed by atoms with Crippen molar-refractivity contribution < 1.29 is 39.6 Å². The fraction of sp³-hybridized carbons (Fsp3) is 0.263. The van der Waals surface area contributed by atoms with Crippen LogP contribution in [0.2, 0.25) is 0 Å². The molecule has 0 fully saturated rings. The largest absolute Gasteiger partial charge is 0.445 e. The first-order valence-corrected chi connectivity index (χ1v) is 11.7. The highest BCUT2D eigenvalue weighted by atomic mass is 32.2. The summed E-state index contributed by atoms with van der Waals surface area (Å²) in [4.78, 5) is 17.3. The van der Waals surface area contributed by atoms with Crippen molar-refractivity contribution in [2.45, 2.75) is 24.2 Å². The molecule has 0 aliphatic carbocycles. The SMILES string of the molecule is CCS(=O)(=O)c1ccc(-c2ccc(C(F)(F)F)cc2)nc1C(=O)N(C)c1nnc(C(F)(F)F)s1. The minimum Gasteiger partial charge on any atom is -0.284 e. The molecule has 7 nitrogen and oxygen atoms in total. The van der Waals surface area contributed by atoms with Crippen LogP contribution >= 0.6 is 11.3 Å². The van der Waals surface area contributed by atoms with Gasteiger partial charge in [0.05, 0.1) is 21.9 Å². The Hall–Kier alpha value is -3.07. The normalized spacial score (nSPS) is 12.6. The van der Waals surface area contributed by atoms with Crippen LogP contribution in [0.15, 0.2) is 41.3 Å². The number of rotatable bonds is 5. The van der Waals surface area contributed by atoms with Gasteiger partial charge in [-0.05, 0) is 24.3 Å². The van der Waals surface area contributed by atoms with E-state index in [1.807, 2.05) is 0 Å². The van der Waals surface area contributed by atoms with E-state index in [4.69, 9.17) is 0 Å². The van der Waals surface area contributed by atoms with E-state index in [0.29, 0.717) is 4.90 Å². The van der Waals surface area contributed by atoms with Crippen LogP contribution in [0.3, 0.4) is 0 Å². The molecule has 0 N–H and O–H groups in total. The van der Waals surface area contributed by atoms with E-state index in [1.165, 1.54) is 13.0 Å². The van der Waals surface area contributed by atoms with Crippen molar-refractivity contribution in [3.63, 3.8) is 0 Å². The van der Waals surface area contributed by atoms with Crippen molar-refractivity contribution in [3.8, 4) is 11.3 Å². The van der Waals surface area contributed by atoms with Crippen LogP contribution < -0.4 is 4.90 Å². The van der Waals surface area contributed by atoms with Gasteiger partial charge >= 0.3 is 12.4 Å². The monoisotopic (exact) mass is 524 g/mol. The van der Waals surface area contributed by atoms with Crippen LogP contribution in [0.4, 0.5) is 31.5 Å². The number of benzene rings is 1. The van der Waals surface area contributed by atoms with E-state index in [2.05, 4.69) is 15.2 Å². The van der Waals surface area contributed by atoms with Crippen molar-refractivity contribution >= 4 is 32.2 Å². The molecule has 3 rings (SSSR count).